The smallest absolute Gasteiger partial charge is 0.255 e. The van der Waals surface area contributed by atoms with Gasteiger partial charge >= 0.3 is 0 Å². The number of benzene rings is 1. The average molecular weight is 311 g/mol. The van der Waals surface area contributed by atoms with Gasteiger partial charge < -0.3 is 10.2 Å². The molecule has 1 fully saturated rings. The minimum atomic E-state index is -0.0948. The summed E-state index contributed by atoms with van der Waals surface area (Å²) in [5.74, 6) is -0.188. The van der Waals surface area contributed by atoms with Crippen LogP contribution in [0.25, 0.3) is 0 Å². The highest BCUT2D eigenvalue weighted by Crippen LogP contribution is 2.20. The van der Waals surface area contributed by atoms with E-state index in [1.165, 1.54) is 0 Å². The molecular weight excluding hydrogens is 296 g/mol. The second kappa shape index (κ2) is 5.52. The fraction of sp³-hybridized carbons (Fsp3) is 0.385. The minimum absolute atomic E-state index is 0.0929. The van der Waals surface area contributed by atoms with Crippen molar-refractivity contribution in [3.05, 3.63) is 33.8 Å². The molecule has 0 saturated carbocycles. The Morgan fingerprint density at radius 2 is 2.22 bits per heavy atom. The first-order chi connectivity index (χ1) is 8.58. The molecule has 0 aromatic heterocycles. The number of carbonyl (C=O) groups excluding carboxylic acids is 2. The summed E-state index contributed by atoms with van der Waals surface area (Å²) in [7, 11) is 0. The lowest BCUT2D eigenvalue weighted by Crippen LogP contribution is -2.37. The van der Waals surface area contributed by atoms with E-state index in [0.717, 1.165) is 16.5 Å². The summed E-state index contributed by atoms with van der Waals surface area (Å²) in [6.07, 6.45) is 0.793. The van der Waals surface area contributed by atoms with Crippen LogP contribution < -0.4 is 5.32 Å². The topological polar surface area (TPSA) is 49.4 Å². The third-order valence-corrected chi connectivity index (χ3v) is 3.59. The maximum absolute atomic E-state index is 12.4. The van der Waals surface area contributed by atoms with Gasteiger partial charge in [0.1, 0.15) is 0 Å². The van der Waals surface area contributed by atoms with Gasteiger partial charge in [-0.05, 0) is 41.4 Å². The van der Waals surface area contributed by atoms with Crippen LogP contribution in [-0.2, 0) is 4.79 Å². The zero-order valence-electron chi connectivity index (χ0n) is 10.2. The van der Waals surface area contributed by atoms with Gasteiger partial charge in [-0.25, -0.2) is 0 Å². The molecule has 0 atom stereocenters. The Labute approximate surface area is 114 Å². The molecule has 5 heteroatoms. The molecule has 96 valence electrons. The van der Waals surface area contributed by atoms with Crippen LogP contribution in [-0.4, -0.2) is 36.3 Å². The van der Waals surface area contributed by atoms with E-state index in [1.54, 1.807) is 4.90 Å². The SMILES string of the molecule is Cc1ccc(Br)c(C(=O)N2CCCNC(=O)C2)c1. The van der Waals surface area contributed by atoms with Gasteiger partial charge in [0.25, 0.3) is 5.91 Å². The van der Waals surface area contributed by atoms with E-state index in [9.17, 15) is 9.59 Å². The van der Waals surface area contributed by atoms with Crippen molar-refractivity contribution < 1.29 is 9.59 Å². The van der Waals surface area contributed by atoms with Gasteiger partial charge in [0.15, 0.2) is 0 Å². The van der Waals surface area contributed by atoms with E-state index in [2.05, 4.69) is 21.2 Å². The Hall–Kier alpha value is -1.36. The van der Waals surface area contributed by atoms with E-state index >= 15 is 0 Å². The van der Waals surface area contributed by atoms with Crippen molar-refractivity contribution in [3.63, 3.8) is 0 Å². The summed E-state index contributed by atoms with van der Waals surface area (Å²) in [6, 6.07) is 5.64. The van der Waals surface area contributed by atoms with Crippen molar-refractivity contribution in [1.82, 2.24) is 10.2 Å². The summed E-state index contributed by atoms with van der Waals surface area (Å²) in [5.41, 5.74) is 1.64. The van der Waals surface area contributed by atoms with Crippen molar-refractivity contribution in [1.29, 1.82) is 0 Å². The highest BCUT2D eigenvalue weighted by molar-refractivity contribution is 9.10. The quantitative estimate of drug-likeness (QED) is 0.858. The summed E-state index contributed by atoms with van der Waals surface area (Å²) in [5, 5.41) is 2.76. The average Bonchev–Trinajstić information content (AvgIpc) is 2.56. The molecule has 4 nitrogen and oxygen atoms in total. The fourth-order valence-electron chi connectivity index (χ4n) is 1.95. The zero-order chi connectivity index (χ0) is 13.1. The largest absolute Gasteiger partial charge is 0.354 e. The normalized spacial score (nSPS) is 16.1. The fourth-order valence-corrected chi connectivity index (χ4v) is 2.37. The first-order valence-electron chi connectivity index (χ1n) is 5.90. The molecule has 1 heterocycles. The molecule has 0 radical (unpaired) electrons. The molecule has 2 amide bonds. The van der Waals surface area contributed by atoms with Crippen LogP contribution in [0, 0.1) is 6.92 Å². The van der Waals surface area contributed by atoms with Crippen LogP contribution >= 0.6 is 15.9 Å². The van der Waals surface area contributed by atoms with Gasteiger partial charge in [-0.2, -0.15) is 0 Å². The summed E-state index contributed by atoms with van der Waals surface area (Å²) in [4.78, 5) is 25.5. The lowest BCUT2D eigenvalue weighted by Gasteiger charge is -2.19. The van der Waals surface area contributed by atoms with Crippen LogP contribution in [0.15, 0.2) is 22.7 Å². The summed E-state index contributed by atoms with van der Waals surface area (Å²) >= 11 is 3.38. The number of nitrogens with one attached hydrogen (secondary N) is 1. The second-order valence-corrected chi connectivity index (χ2v) is 5.27. The maximum atomic E-state index is 12.4. The molecule has 1 aromatic carbocycles. The molecule has 1 aromatic rings. The maximum Gasteiger partial charge on any atom is 0.255 e. The highest BCUT2D eigenvalue weighted by atomic mass is 79.9. The number of hydrogen-bond acceptors (Lipinski definition) is 2. The van der Waals surface area contributed by atoms with E-state index in [0.29, 0.717) is 18.7 Å². The van der Waals surface area contributed by atoms with Gasteiger partial charge in [0.2, 0.25) is 5.91 Å². The van der Waals surface area contributed by atoms with Crippen LogP contribution in [0.5, 0.6) is 0 Å². The molecule has 1 N–H and O–H groups in total. The Kier molecular flexibility index (Phi) is 4.01. The molecule has 1 aliphatic rings. The van der Waals surface area contributed by atoms with Gasteiger partial charge in [-0.3, -0.25) is 9.59 Å². The van der Waals surface area contributed by atoms with Gasteiger partial charge in [-0.15, -0.1) is 0 Å². The Morgan fingerprint density at radius 3 is 3.00 bits per heavy atom. The zero-order valence-corrected chi connectivity index (χ0v) is 11.8. The number of carbonyl (C=O) groups is 2. The van der Waals surface area contributed by atoms with Crippen molar-refractivity contribution >= 4 is 27.7 Å². The number of aryl methyl sites for hydroxylation is 1. The number of nitrogens with zero attached hydrogens (tertiary/aromatic N) is 1. The summed E-state index contributed by atoms with van der Waals surface area (Å²) in [6.45, 7) is 3.33. The van der Waals surface area contributed by atoms with Crippen molar-refractivity contribution in [2.75, 3.05) is 19.6 Å². The molecule has 2 rings (SSSR count). The van der Waals surface area contributed by atoms with E-state index in [-0.39, 0.29) is 18.4 Å². The minimum Gasteiger partial charge on any atom is -0.354 e. The predicted octanol–water partition coefficient (Wildman–Crippen LogP) is 1.72. The van der Waals surface area contributed by atoms with E-state index in [4.69, 9.17) is 0 Å². The second-order valence-electron chi connectivity index (χ2n) is 4.41. The van der Waals surface area contributed by atoms with Gasteiger partial charge in [0, 0.05) is 17.6 Å². The van der Waals surface area contributed by atoms with Crippen molar-refractivity contribution in [2.45, 2.75) is 13.3 Å². The first kappa shape index (κ1) is 13.1. The summed E-state index contributed by atoms with van der Waals surface area (Å²) < 4.78 is 0.766. The molecule has 0 aliphatic carbocycles. The predicted molar refractivity (Wildman–Crippen MR) is 72.4 cm³/mol. The van der Waals surface area contributed by atoms with Gasteiger partial charge in [0.05, 0.1) is 12.1 Å². The lowest BCUT2D eigenvalue weighted by molar-refractivity contribution is -0.121. The van der Waals surface area contributed by atoms with E-state index in [1.807, 2.05) is 25.1 Å². The Morgan fingerprint density at radius 1 is 1.44 bits per heavy atom. The first-order valence-corrected chi connectivity index (χ1v) is 6.69. The molecular formula is C13H15BrN2O2. The Balaban J connectivity index is 2.24. The Bertz CT molecular complexity index is 488. The third kappa shape index (κ3) is 2.90. The number of hydrogen-bond donors (Lipinski definition) is 1. The van der Waals surface area contributed by atoms with Crippen LogP contribution in [0.4, 0.5) is 0 Å². The number of halogens is 1. The number of amides is 2. The molecule has 18 heavy (non-hydrogen) atoms. The molecule has 0 spiro atoms. The highest BCUT2D eigenvalue weighted by Gasteiger charge is 2.22. The third-order valence-electron chi connectivity index (χ3n) is 2.90. The molecule has 0 bridgehead atoms. The van der Waals surface area contributed by atoms with E-state index < -0.39 is 0 Å². The lowest BCUT2D eigenvalue weighted by atomic mass is 10.1. The van der Waals surface area contributed by atoms with Crippen molar-refractivity contribution in [2.24, 2.45) is 0 Å². The molecule has 1 aliphatic heterocycles. The van der Waals surface area contributed by atoms with Crippen LogP contribution in [0.2, 0.25) is 0 Å². The van der Waals surface area contributed by atoms with Crippen LogP contribution in [0.1, 0.15) is 22.3 Å². The van der Waals surface area contributed by atoms with Gasteiger partial charge in [-0.1, -0.05) is 11.6 Å². The standard InChI is InChI=1S/C13H15BrN2O2/c1-9-3-4-11(14)10(7-9)13(18)16-6-2-5-15-12(17)8-16/h3-4,7H,2,5-6,8H2,1H3,(H,15,17). The monoisotopic (exact) mass is 310 g/mol. The molecule has 1 saturated heterocycles. The number of rotatable bonds is 1. The van der Waals surface area contributed by atoms with Crippen molar-refractivity contribution in [3.8, 4) is 0 Å². The van der Waals surface area contributed by atoms with Crippen LogP contribution in [0.3, 0.4) is 0 Å². The molecule has 0 unspecified atom stereocenters.